The van der Waals surface area contributed by atoms with Crippen LogP contribution in [0.4, 0.5) is 11.4 Å². The largest absolute Gasteiger partial charge is 0.495 e. The Morgan fingerprint density at radius 2 is 1.86 bits per heavy atom. The van der Waals surface area contributed by atoms with Gasteiger partial charge in [0.25, 0.3) is 5.91 Å². The monoisotopic (exact) mass is 286 g/mol. The Hall–Kier alpha value is -2.53. The molecular weight excluding hydrogens is 268 g/mol. The zero-order valence-electron chi connectivity index (χ0n) is 12.0. The predicted molar refractivity (Wildman–Crippen MR) is 82.2 cm³/mol. The Kier molecular flexibility index (Phi) is 4.79. The van der Waals surface area contributed by atoms with Crippen LogP contribution in [0, 0.1) is 0 Å². The number of benzene rings is 2. The summed E-state index contributed by atoms with van der Waals surface area (Å²) in [4.78, 5) is 12.3. The van der Waals surface area contributed by atoms with E-state index in [4.69, 9.17) is 15.2 Å². The van der Waals surface area contributed by atoms with Crippen molar-refractivity contribution in [3.63, 3.8) is 0 Å². The highest BCUT2D eigenvalue weighted by Crippen LogP contribution is 2.26. The zero-order valence-corrected chi connectivity index (χ0v) is 12.0. The van der Waals surface area contributed by atoms with Crippen molar-refractivity contribution in [2.75, 3.05) is 25.3 Å². The van der Waals surface area contributed by atoms with E-state index in [1.165, 1.54) is 7.11 Å². The lowest BCUT2D eigenvalue weighted by Gasteiger charge is -2.16. The highest BCUT2D eigenvalue weighted by molar-refractivity contribution is 5.95. The molecule has 5 nitrogen and oxygen atoms in total. The molecule has 0 bridgehead atoms. The second-order valence-corrected chi connectivity index (χ2v) is 4.47. The number of methoxy groups -OCH3 is 2. The van der Waals surface area contributed by atoms with Crippen LogP contribution in [0.25, 0.3) is 0 Å². The molecule has 1 amide bonds. The van der Waals surface area contributed by atoms with E-state index in [1.807, 2.05) is 30.3 Å². The summed E-state index contributed by atoms with van der Waals surface area (Å²) in [6.07, 6.45) is -0.672. The number of anilines is 2. The van der Waals surface area contributed by atoms with Gasteiger partial charge in [0.05, 0.1) is 12.8 Å². The summed E-state index contributed by atoms with van der Waals surface area (Å²) in [5, 5.41) is 2.78. The summed E-state index contributed by atoms with van der Waals surface area (Å²) in [6.45, 7) is 0. The van der Waals surface area contributed by atoms with Crippen molar-refractivity contribution in [1.82, 2.24) is 0 Å². The average Bonchev–Trinajstić information content (AvgIpc) is 2.49. The molecule has 2 aromatic carbocycles. The molecule has 0 spiro atoms. The number of nitrogens with two attached hydrogens (primary N) is 1. The summed E-state index contributed by atoms with van der Waals surface area (Å²) in [6, 6.07) is 14.4. The molecule has 0 saturated heterocycles. The van der Waals surface area contributed by atoms with Crippen LogP contribution in [0.1, 0.15) is 11.7 Å². The molecule has 0 aliphatic carbocycles. The summed E-state index contributed by atoms with van der Waals surface area (Å²) in [5.41, 5.74) is 7.67. The second kappa shape index (κ2) is 6.76. The number of nitrogens with one attached hydrogen (secondary N) is 1. The highest BCUT2D eigenvalue weighted by atomic mass is 16.5. The van der Waals surface area contributed by atoms with E-state index in [0.29, 0.717) is 17.1 Å². The van der Waals surface area contributed by atoms with E-state index in [9.17, 15) is 4.79 Å². The van der Waals surface area contributed by atoms with Gasteiger partial charge in [-0.05, 0) is 23.8 Å². The first-order valence-corrected chi connectivity index (χ1v) is 6.48. The van der Waals surface area contributed by atoms with Gasteiger partial charge in [0.15, 0.2) is 6.10 Å². The summed E-state index contributed by atoms with van der Waals surface area (Å²) in [5.74, 6) is 0.313. The third-order valence-electron chi connectivity index (χ3n) is 3.07. The highest BCUT2D eigenvalue weighted by Gasteiger charge is 2.20. The van der Waals surface area contributed by atoms with Crippen molar-refractivity contribution in [2.45, 2.75) is 6.10 Å². The molecule has 0 radical (unpaired) electrons. The number of carbonyl (C=O) groups excluding carboxylic acids is 1. The van der Waals surface area contributed by atoms with Gasteiger partial charge in [-0.3, -0.25) is 4.79 Å². The first-order valence-electron chi connectivity index (χ1n) is 6.48. The van der Waals surface area contributed by atoms with Gasteiger partial charge in [-0.2, -0.15) is 0 Å². The third-order valence-corrected chi connectivity index (χ3v) is 3.07. The minimum atomic E-state index is -0.672. The molecule has 0 heterocycles. The minimum absolute atomic E-state index is 0.256. The third kappa shape index (κ3) is 3.52. The van der Waals surface area contributed by atoms with Crippen molar-refractivity contribution in [3.8, 4) is 5.75 Å². The first-order chi connectivity index (χ1) is 10.2. The van der Waals surface area contributed by atoms with Crippen molar-refractivity contribution in [2.24, 2.45) is 0 Å². The molecule has 21 heavy (non-hydrogen) atoms. The Labute approximate surface area is 123 Å². The molecule has 2 rings (SSSR count). The number of hydrogen-bond acceptors (Lipinski definition) is 4. The standard InChI is InChI=1S/C16H18N2O3/c1-20-14-9-8-12(10-13(14)17)18-16(19)15(21-2)11-6-4-3-5-7-11/h3-10,15H,17H2,1-2H3,(H,18,19). The Morgan fingerprint density at radius 1 is 1.14 bits per heavy atom. The SMILES string of the molecule is COc1ccc(NC(=O)C(OC)c2ccccc2)cc1N. The van der Waals surface area contributed by atoms with Gasteiger partial charge in [0.2, 0.25) is 0 Å². The van der Waals surface area contributed by atoms with E-state index in [0.717, 1.165) is 5.56 Å². The maximum absolute atomic E-state index is 12.3. The molecule has 3 N–H and O–H groups in total. The van der Waals surface area contributed by atoms with Crippen molar-refractivity contribution < 1.29 is 14.3 Å². The van der Waals surface area contributed by atoms with Gasteiger partial charge in [0, 0.05) is 12.8 Å². The van der Waals surface area contributed by atoms with Crippen LogP contribution < -0.4 is 15.8 Å². The van der Waals surface area contributed by atoms with Crippen molar-refractivity contribution in [1.29, 1.82) is 0 Å². The van der Waals surface area contributed by atoms with Crippen LogP contribution >= 0.6 is 0 Å². The fraction of sp³-hybridized carbons (Fsp3) is 0.188. The maximum Gasteiger partial charge on any atom is 0.258 e. The Morgan fingerprint density at radius 3 is 2.43 bits per heavy atom. The zero-order chi connectivity index (χ0) is 15.2. The lowest BCUT2D eigenvalue weighted by atomic mass is 10.1. The van der Waals surface area contributed by atoms with E-state index < -0.39 is 6.10 Å². The van der Waals surface area contributed by atoms with Gasteiger partial charge >= 0.3 is 0 Å². The predicted octanol–water partition coefficient (Wildman–Crippen LogP) is 2.60. The van der Waals surface area contributed by atoms with Gasteiger partial charge in [-0.1, -0.05) is 30.3 Å². The van der Waals surface area contributed by atoms with Crippen LogP contribution in [0.5, 0.6) is 5.75 Å². The lowest BCUT2D eigenvalue weighted by Crippen LogP contribution is -2.22. The number of hydrogen-bond donors (Lipinski definition) is 2. The molecule has 1 unspecified atom stereocenters. The first kappa shape index (κ1) is 14.9. The molecule has 1 atom stereocenters. The minimum Gasteiger partial charge on any atom is -0.495 e. The summed E-state index contributed by atoms with van der Waals surface area (Å²) < 4.78 is 10.4. The summed E-state index contributed by atoms with van der Waals surface area (Å²) in [7, 11) is 3.04. The van der Waals surface area contributed by atoms with E-state index in [2.05, 4.69) is 5.32 Å². The van der Waals surface area contributed by atoms with E-state index >= 15 is 0 Å². The van der Waals surface area contributed by atoms with Gasteiger partial charge in [-0.15, -0.1) is 0 Å². The van der Waals surface area contributed by atoms with E-state index in [-0.39, 0.29) is 5.91 Å². The van der Waals surface area contributed by atoms with Gasteiger partial charge < -0.3 is 20.5 Å². The number of nitrogen functional groups attached to an aromatic ring is 1. The molecule has 0 aliphatic heterocycles. The molecule has 5 heteroatoms. The topological polar surface area (TPSA) is 73.6 Å². The number of rotatable bonds is 5. The maximum atomic E-state index is 12.3. The van der Waals surface area contributed by atoms with Gasteiger partial charge in [-0.25, -0.2) is 0 Å². The van der Waals surface area contributed by atoms with Crippen LogP contribution in [-0.2, 0) is 9.53 Å². The number of ether oxygens (including phenoxy) is 2. The van der Waals surface area contributed by atoms with Crippen molar-refractivity contribution in [3.05, 3.63) is 54.1 Å². The van der Waals surface area contributed by atoms with Crippen LogP contribution in [0.3, 0.4) is 0 Å². The quantitative estimate of drug-likeness (QED) is 0.829. The smallest absolute Gasteiger partial charge is 0.258 e. The van der Waals surface area contributed by atoms with E-state index in [1.54, 1.807) is 25.3 Å². The van der Waals surface area contributed by atoms with Crippen LogP contribution in [0.2, 0.25) is 0 Å². The molecular formula is C16H18N2O3. The van der Waals surface area contributed by atoms with Crippen LogP contribution in [0.15, 0.2) is 48.5 Å². The number of amides is 1. The average molecular weight is 286 g/mol. The molecule has 0 saturated carbocycles. The lowest BCUT2D eigenvalue weighted by molar-refractivity contribution is -0.126. The summed E-state index contributed by atoms with van der Waals surface area (Å²) >= 11 is 0. The fourth-order valence-corrected chi connectivity index (χ4v) is 2.04. The number of carbonyl (C=O) groups is 1. The van der Waals surface area contributed by atoms with Crippen LogP contribution in [-0.4, -0.2) is 20.1 Å². The normalized spacial score (nSPS) is 11.7. The Balaban J connectivity index is 2.15. The molecule has 2 aromatic rings. The molecule has 110 valence electrons. The molecule has 0 aromatic heterocycles. The second-order valence-electron chi connectivity index (χ2n) is 4.47. The Bertz CT molecular complexity index is 614. The fourth-order valence-electron chi connectivity index (χ4n) is 2.04. The van der Waals surface area contributed by atoms with Gasteiger partial charge in [0.1, 0.15) is 5.75 Å². The van der Waals surface area contributed by atoms with Crippen molar-refractivity contribution >= 4 is 17.3 Å². The molecule has 0 fully saturated rings. The molecule has 0 aliphatic rings.